The van der Waals surface area contributed by atoms with E-state index in [9.17, 15) is 20.0 Å². The third-order valence-electron chi connectivity index (χ3n) is 5.30. The molecule has 3 rings (SSSR count). The van der Waals surface area contributed by atoms with Crippen LogP contribution in [-0.2, 0) is 9.53 Å². The third kappa shape index (κ3) is 4.15. The number of nitriles is 1. The Labute approximate surface area is 170 Å². The van der Waals surface area contributed by atoms with Gasteiger partial charge in [0.1, 0.15) is 23.5 Å². The number of hydrogen-bond acceptors (Lipinski definition) is 6. The van der Waals surface area contributed by atoms with E-state index >= 15 is 0 Å². The summed E-state index contributed by atoms with van der Waals surface area (Å²) < 4.78 is 11.1. The van der Waals surface area contributed by atoms with Crippen LogP contribution in [0.25, 0.3) is 0 Å². The lowest BCUT2D eigenvalue weighted by Gasteiger charge is -2.42. The van der Waals surface area contributed by atoms with Crippen LogP contribution in [0.4, 0.5) is 4.79 Å². The first-order valence-electron chi connectivity index (χ1n) is 9.83. The van der Waals surface area contributed by atoms with Gasteiger partial charge in [-0.3, -0.25) is 9.69 Å². The van der Waals surface area contributed by atoms with Gasteiger partial charge >= 0.3 is 6.09 Å². The Morgan fingerprint density at radius 1 is 1.41 bits per heavy atom. The Kier molecular flexibility index (Phi) is 5.71. The van der Waals surface area contributed by atoms with E-state index in [-0.39, 0.29) is 12.0 Å². The maximum Gasteiger partial charge on any atom is 0.410 e. The van der Waals surface area contributed by atoms with E-state index in [1.807, 2.05) is 0 Å². The normalized spacial score (nSPS) is 25.0. The quantitative estimate of drug-likeness (QED) is 0.803. The van der Waals surface area contributed by atoms with Gasteiger partial charge in [-0.05, 0) is 58.7 Å². The number of likely N-dealkylation sites (tertiary alicyclic amines) is 1. The molecule has 2 aliphatic rings. The number of amides is 2. The van der Waals surface area contributed by atoms with Gasteiger partial charge in [0.25, 0.3) is 0 Å². The smallest absolute Gasteiger partial charge is 0.410 e. The second-order valence-electron chi connectivity index (χ2n) is 8.28. The monoisotopic (exact) mass is 401 g/mol. The zero-order chi connectivity index (χ0) is 21.3. The molecule has 1 aromatic rings. The molecule has 0 unspecified atom stereocenters. The van der Waals surface area contributed by atoms with Crippen molar-refractivity contribution < 1.29 is 24.2 Å². The van der Waals surface area contributed by atoms with Gasteiger partial charge in [0, 0.05) is 12.1 Å². The van der Waals surface area contributed by atoms with Gasteiger partial charge in [0.15, 0.2) is 0 Å². The van der Waals surface area contributed by atoms with Crippen LogP contribution in [0.1, 0.15) is 57.7 Å². The van der Waals surface area contributed by atoms with Gasteiger partial charge in [0.2, 0.25) is 5.91 Å². The minimum atomic E-state index is -1.04. The summed E-state index contributed by atoms with van der Waals surface area (Å²) in [4.78, 5) is 26.8. The molecule has 0 radical (unpaired) electrons. The predicted molar refractivity (Wildman–Crippen MR) is 104 cm³/mol. The molecule has 2 heterocycles. The molecule has 156 valence electrons. The highest BCUT2D eigenvalue weighted by Crippen LogP contribution is 2.40. The number of hydrogen-bond donors (Lipinski definition) is 2. The average Bonchev–Trinajstić information content (AvgIpc) is 3.14. The van der Waals surface area contributed by atoms with Crippen LogP contribution in [0.5, 0.6) is 5.75 Å². The molecule has 2 amide bonds. The second-order valence-corrected chi connectivity index (χ2v) is 8.28. The van der Waals surface area contributed by atoms with Crippen molar-refractivity contribution in [3.63, 3.8) is 0 Å². The summed E-state index contributed by atoms with van der Waals surface area (Å²) in [5, 5.41) is 23.0. The molecule has 2 N–H and O–H groups in total. The third-order valence-corrected chi connectivity index (χ3v) is 5.30. The lowest BCUT2D eigenvalue weighted by molar-refractivity contribution is -0.129. The largest absolute Gasteiger partial charge is 0.485 e. The van der Waals surface area contributed by atoms with Gasteiger partial charge in [-0.15, -0.1) is 0 Å². The number of nitrogens with zero attached hydrogens (tertiary/aromatic N) is 2. The number of carbonyl (C=O) groups is 2. The van der Waals surface area contributed by atoms with E-state index in [4.69, 9.17) is 9.47 Å². The highest BCUT2D eigenvalue weighted by Gasteiger charge is 2.45. The second kappa shape index (κ2) is 7.91. The number of aliphatic hydroxyl groups excluding tert-OH is 1. The van der Waals surface area contributed by atoms with Crippen LogP contribution >= 0.6 is 0 Å². The summed E-state index contributed by atoms with van der Waals surface area (Å²) in [6.07, 6.45) is -0.612. The number of nitrogens with one attached hydrogen (secondary N) is 1. The van der Waals surface area contributed by atoms with Crippen molar-refractivity contribution in [2.75, 3.05) is 6.54 Å². The van der Waals surface area contributed by atoms with E-state index in [0.29, 0.717) is 36.3 Å². The molecular weight excluding hydrogens is 374 g/mol. The molecule has 0 aromatic heterocycles. The summed E-state index contributed by atoms with van der Waals surface area (Å²) in [5.74, 6) is 0.144. The highest BCUT2D eigenvalue weighted by atomic mass is 16.6. The summed E-state index contributed by atoms with van der Waals surface area (Å²) in [7, 11) is 0. The SMILES string of the molecule is CC(C)OC(=O)N1CCC[C@H]1C(=O)N[C@@H]1c2cc(C#N)ccc2OC(C)(C)[C@H]1O. The molecule has 8 heteroatoms. The topological polar surface area (TPSA) is 112 Å². The van der Waals surface area contributed by atoms with Gasteiger partial charge < -0.3 is 19.9 Å². The predicted octanol–water partition coefficient (Wildman–Crippen LogP) is 2.26. The van der Waals surface area contributed by atoms with Crippen LogP contribution in [0.15, 0.2) is 18.2 Å². The number of carbonyl (C=O) groups excluding carboxylic acids is 2. The van der Waals surface area contributed by atoms with Crippen molar-refractivity contribution in [3.8, 4) is 11.8 Å². The van der Waals surface area contributed by atoms with Crippen LogP contribution in [0, 0.1) is 11.3 Å². The fourth-order valence-electron chi connectivity index (χ4n) is 3.80. The first-order valence-corrected chi connectivity index (χ1v) is 9.83. The van der Waals surface area contributed by atoms with Crippen LogP contribution in [0.2, 0.25) is 0 Å². The fraction of sp³-hybridized carbons (Fsp3) is 0.571. The van der Waals surface area contributed by atoms with Crippen molar-refractivity contribution >= 4 is 12.0 Å². The van der Waals surface area contributed by atoms with Crippen LogP contribution in [-0.4, -0.2) is 52.4 Å². The Morgan fingerprint density at radius 2 is 2.14 bits per heavy atom. The first-order chi connectivity index (χ1) is 13.6. The van der Waals surface area contributed by atoms with Gasteiger partial charge in [-0.25, -0.2) is 4.79 Å². The van der Waals surface area contributed by atoms with E-state index in [1.54, 1.807) is 45.9 Å². The summed E-state index contributed by atoms with van der Waals surface area (Å²) >= 11 is 0. The molecule has 0 spiro atoms. The summed E-state index contributed by atoms with van der Waals surface area (Å²) in [6, 6.07) is 5.54. The number of ether oxygens (including phenoxy) is 2. The zero-order valence-electron chi connectivity index (χ0n) is 17.1. The summed E-state index contributed by atoms with van der Waals surface area (Å²) in [5.41, 5.74) is 0.00504. The van der Waals surface area contributed by atoms with Crippen LogP contribution in [0.3, 0.4) is 0 Å². The highest BCUT2D eigenvalue weighted by molar-refractivity contribution is 5.86. The zero-order valence-corrected chi connectivity index (χ0v) is 17.1. The molecule has 0 aliphatic carbocycles. The maximum atomic E-state index is 13.1. The number of rotatable bonds is 3. The Hall–Kier alpha value is -2.79. The van der Waals surface area contributed by atoms with E-state index in [2.05, 4.69) is 11.4 Å². The molecule has 3 atom stereocenters. The minimum Gasteiger partial charge on any atom is -0.485 e. The molecule has 2 aliphatic heterocycles. The number of aliphatic hydroxyl groups is 1. The Balaban J connectivity index is 1.85. The van der Waals surface area contributed by atoms with Gasteiger partial charge in [0.05, 0.1) is 23.8 Å². The van der Waals surface area contributed by atoms with E-state index in [1.165, 1.54) is 4.90 Å². The molecule has 1 saturated heterocycles. The molecule has 8 nitrogen and oxygen atoms in total. The van der Waals surface area contributed by atoms with Gasteiger partial charge in [-0.2, -0.15) is 5.26 Å². The van der Waals surface area contributed by atoms with Crippen molar-refractivity contribution in [2.24, 2.45) is 0 Å². The Bertz CT molecular complexity index is 845. The van der Waals surface area contributed by atoms with Gasteiger partial charge in [-0.1, -0.05) is 0 Å². The average molecular weight is 401 g/mol. The fourth-order valence-corrected chi connectivity index (χ4v) is 3.80. The Morgan fingerprint density at radius 3 is 2.79 bits per heavy atom. The number of fused-ring (bicyclic) bond motifs is 1. The minimum absolute atomic E-state index is 0.277. The lowest BCUT2D eigenvalue weighted by atomic mass is 9.85. The van der Waals surface area contributed by atoms with E-state index < -0.39 is 29.9 Å². The standard InChI is InChI=1S/C21H27N3O5/c1-12(2)28-20(27)24-9-5-6-15(24)19(26)23-17-14-10-13(11-22)7-8-16(14)29-21(3,4)18(17)25/h7-8,10,12,15,17-18,25H,5-6,9H2,1-4H3,(H,23,26)/t15-,17+,18-/m0/s1. The first kappa shape index (κ1) is 20.9. The molecule has 1 aromatic carbocycles. The number of benzene rings is 1. The molecule has 0 saturated carbocycles. The van der Waals surface area contributed by atoms with Crippen molar-refractivity contribution in [1.82, 2.24) is 10.2 Å². The van der Waals surface area contributed by atoms with Crippen molar-refractivity contribution in [1.29, 1.82) is 5.26 Å². The molecular formula is C21H27N3O5. The molecule has 0 bridgehead atoms. The van der Waals surface area contributed by atoms with Crippen molar-refractivity contribution in [3.05, 3.63) is 29.3 Å². The molecule has 29 heavy (non-hydrogen) atoms. The van der Waals surface area contributed by atoms with Crippen molar-refractivity contribution in [2.45, 2.75) is 70.4 Å². The van der Waals surface area contributed by atoms with Crippen LogP contribution < -0.4 is 10.1 Å². The maximum absolute atomic E-state index is 13.1. The summed E-state index contributed by atoms with van der Waals surface area (Å²) in [6.45, 7) is 7.43. The van der Waals surface area contributed by atoms with E-state index in [0.717, 1.165) is 0 Å². The lowest BCUT2D eigenvalue weighted by Crippen LogP contribution is -2.56. The molecule has 1 fully saturated rings.